The van der Waals surface area contributed by atoms with Crippen LogP contribution >= 0.6 is 0 Å². The highest BCUT2D eigenvalue weighted by Gasteiger charge is 2.15. The number of benzene rings is 3. The summed E-state index contributed by atoms with van der Waals surface area (Å²) in [5, 5.41) is 5.70. The van der Waals surface area contributed by atoms with E-state index in [1.54, 1.807) is 24.3 Å². The Balaban J connectivity index is 1.35. The molecule has 3 rings (SSSR count). The number of carbonyl (C=O) groups is 2. The molecule has 0 aliphatic rings. The van der Waals surface area contributed by atoms with Crippen molar-refractivity contribution in [3.63, 3.8) is 0 Å². The zero-order chi connectivity index (χ0) is 27.3. The van der Waals surface area contributed by atoms with Gasteiger partial charge in [-0.1, -0.05) is 68.8 Å². The van der Waals surface area contributed by atoms with Crippen molar-refractivity contribution in [2.24, 2.45) is 0 Å². The third-order valence-electron chi connectivity index (χ3n) is 6.50. The van der Waals surface area contributed by atoms with E-state index in [4.69, 9.17) is 0 Å². The summed E-state index contributed by atoms with van der Waals surface area (Å²) >= 11 is 0. The molecule has 200 valence electrons. The largest absolute Gasteiger partial charge is 0.353 e. The van der Waals surface area contributed by atoms with E-state index in [0.717, 1.165) is 24.0 Å². The predicted molar refractivity (Wildman–Crippen MR) is 148 cm³/mol. The van der Waals surface area contributed by atoms with E-state index in [2.05, 4.69) is 24.5 Å². The average Bonchev–Trinajstić information content (AvgIpc) is 2.92. The molecule has 3 aromatic rings. The molecule has 0 heterocycles. The number of carbonyl (C=O) groups excluding carboxylic acids is 2. The summed E-state index contributed by atoms with van der Waals surface area (Å²) in [6.45, 7) is 5.00. The summed E-state index contributed by atoms with van der Waals surface area (Å²) in [5.41, 5.74) is 3.74. The van der Waals surface area contributed by atoms with Crippen molar-refractivity contribution in [2.45, 2.75) is 51.4 Å². The van der Waals surface area contributed by atoms with Crippen molar-refractivity contribution in [1.29, 1.82) is 0 Å². The molecule has 2 N–H and O–H groups in total. The lowest BCUT2D eigenvalue weighted by molar-refractivity contribution is -0.121. The Bertz CT molecular complexity index is 1140. The van der Waals surface area contributed by atoms with Crippen molar-refractivity contribution in [3.05, 3.63) is 119 Å². The predicted octanol–water partition coefficient (Wildman–Crippen LogP) is 6.88. The maximum absolute atomic E-state index is 13.4. The van der Waals surface area contributed by atoms with Crippen molar-refractivity contribution >= 4 is 11.8 Å². The second-order valence-electron chi connectivity index (χ2n) is 9.66. The van der Waals surface area contributed by atoms with Gasteiger partial charge in [-0.25, -0.2) is 8.78 Å². The van der Waals surface area contributed by atoms with Crippen molar-refractivity contribution in [1.82, 2.24) is 10.6 Å². The average molecular weight is 519 g/mol. The highest BCUT2D eigenvalue weighted by molar-refractivity contribution is 5.94. The summed E-state index contributed by atoms with van der Waals surface area (Å²) in [4.78, 5) is 24.4. The standard InChI is InChI=1S/C32H36F2N2O2/c1-23(2)24-9-11-27(12-10-24)32(38)36-22-6-5-21-35-31(37)8-4-3-7-30(25-13-17-28(33)18-14-25)26-15-19-29(34)20-16-26/h5-6,9-20,23,30H,3-4,7-8,21-22H2,1-2H3,(H,35,37)(H,36,38)/b6-5+. The van der Waals surface area contributed by atoms with E-state index in [-0.39, 0.29) is 29.4 Å². The molecule has 0 aliphatic carbocycles. The molecule has 0 aromatic heterocycles. The summed E-state index contributed by atoms with van der Waals surface area (Å²) in [6.07, 6.45) is 6.31. The fourth-order valence-corrected chi connectivity index (χ4v) is 4.25. The van der Waals surface area contributed by atoms with Crippen LogP contribution in [0, 0.1) is 11.6 Å². The maximum Gasteiger partial charge on any atom is 0.251 e. The van der Waals surface area contributed by atoms with E-state index in [9.17, 15) is 18.4 Å². The van der Waals surface area contributed by atoms with Crippen LogP contribution in [0.4, 0.5) is 8.78 Å². The molecular weight excluding hydrogens is 482 g/mol. The number of hydrogen-bond acceptors (Lipinski definition) is 2. The lowest BCUT2D eigenvalue weighted by atomic mass is 9.87. The Morgan fingerprint density at radius 1 is 0.711 bits per heavy atom. The van der Waals surface area contributed by atoms with Crippen LogP contribution in [0.15, 0.2) is 84.9 Å². The van der Waals surface area contributed by atoms with E-state index < -0.39 is 0 Å². The Kier molecular flexibility index (Phi) is 11.2. The van der Waals surface area contributed by atoms with Crippen LogP contribution < -0.4 is 10.6 Å². The molecule has 0 fully saturated rings. The van der Waals surface area contributed by atoms with Gasteiger partial charge in [0.15, 0.2) is 0 Å². The summed E-state index contributed by atoms with van der Waals surface area (Å²) in [6, 6.07) is 20.4. The van der Waals surface area contributed by atoms with Gasteiger partial charge < -0.3 is 10.6 Å². The van der Waals surface area contributed by atoms with E-state index in [1.165, 1.54) is 29.8 Å². The fourth-order valence-electron chi connectivity index (χ4n) is 4.25. The number of nitrogens with one attached hydrogen (secondary N) is 2. The molecule has 3 aromatic carbocycles. The van der Waals surface area contributed by atoms with E-state index >= 15 is 0 Å². The van der Waals surface area contributed by atoms with Gasteiger partial charge in [-0.3, -0.25) is 9.59 Å². The second-order valence-corrected chi connectivity index (χ2v) is 9.66. The molecule has 6 heteroatoms. The first-order valence-corrected chi connectivity index (χ1v) is 13.1. The molecule has 0 radical (unpaired) electrons. The molecule has 0 unspecified atom stereocenters. The molecule has 0 atom stereocenters. The summed E-state index contributed by atoms with van der Waals surface area (Å²) in [7, 11) is 0. The monoisotopic (exact) mass is 518 g/mol. The van der Waals surface area contributed by atoms with Crippen LogP contribution in [0.1, 0.15) is 78.4 Å². The fraction of sp³-hybridized carbons (Fsp3) is 0.312. The van der Waals surface area contributed by atoms with Gasteiger partial charge in [-0.2, -0.15) is 0 Å². The molecule has 0 saturated heterocycles. The van der Waals surface area contributed by atoms with Crippen LogP contribution in [0.3, 0.4) is 0 Å². The van der Waals surface area contributed by atoms with Gasteiger partial charge in [-0.05, 0) is 71.8 Å². The Hall–Kier alpha value is -3.80. The number of hydrogen-bond donors (Lipinski definition) is 2. The van der Waals surface area contributed by atoms with Crippen LogP contribution in [-0.2, 0) is 4.79 Å². The Labute approximate surface area is 224 Å². The van der Waals surface area contributed by atoms with Gasteiger partial charge in [0.05, 0.1) is 0 Å². The highest BCUT2D eigenvalue weighted by atomic mass is 19.1. The van der Waals surface area contributed by atoms with Gasteiger partial charge in [0.1, 0.15) is 11.6 Å². The number of amides is 2. The zero-order valence-electron chi connectivity index (χ0n) is 22.1. The lowest BCUT2D eigenvalue weighted by Crippen LogP contribution is -2.25. The van der Waals surface area contributed by atoms with Crippen molar-refractivity contribution in [2.75, 3.05) is 13.1 Å². The maximum atomic E-state index is 13.4. The number of halogens is 2. The van der Waals surface area contributed by atoms with E-state index in [1.807, 2.05) is 36.4 Å². The highest BCUT2D eigenvalue weighted by Crippen LogP contribution is 2.30. The molecule has 0 spiro atoms. The molecule has 0 aliphatic heterocycles. The topological polar surface area (TPSA) is 58.2 Å². The molecule has 0 saturated carbocycles. The van der Waals surface area contributed by atoms with Gasteiger partial charge in [0.25, 0.3) is 5.91 Å². The lowest BCUT2D eigenvalue weighted by Gasteiger charge is -2.18. The third-order valence-corrected chi connectivity index (χ3v) is 6.50. The Morgan fingerprint density at radius 3 is 1.74 bits per heavy atom. The first kappa shape index (κ1) is 28.8. The molecule has 38 heavy (non-hydrogen) atoms. The summed E-state index contributed by atoms with van der Waals surface area (Å²) in [5.74, 6) is -0.333. The number of rotatable bonds is 13. The van der Waals surface area contributed by atoms with Crippen LogP contribution in [0.2, 0.25) is 0 Å². The van der Waals surface area contributed by atoms with Gasteiger partial charge in [-0.15, -0.1) is 0 Å². The smallest absolute Gasteiger partial charge is 0.251 e. The van der Waals surface area contributed by atoms with Crippen molar-refractivity contribution in [3.8, 4) is 0 Å². The second kappa shape index (κ2) is 14.8. The minimum absolute atomic E-state index is 0.00514. The third kappa shape index (κ3) is 9.25. The first-order chi connectivity index (χ1) is 18.3. The Morgan fingerprint density at radius 2 is 1.21 bits per heavy atom. The van der Waals surface area contributed by atoms with Crippen molar-refractivity contribution < 1.29 is 18.4 Å². The molecule has 4 nitrogen and oxygen atoms in total. The molecule has 0 bridgehead atoms. The van der Waals surface area contributed by atoms with Gasteiger partial charge in [0, 0.05) is 31.0 Å². The first-order valence-electron chi connectivity index (χ1n) is 13.1. The van der Waals surface area contributed by atoms with Crippen LogP contribution in [0.25, 0.3) is 0 Å². The normalized spacial score (nSPS) is 11.3. The van der Waals surface area contributed by atoms with E-state index in [0.29, 0.717) is 37.4 Å². The van der Waals surface area contributed by atoms with Crippen LogP contribution in [-0.4, -0.2) is 24.9 Å². The quantitative estimate of drug-likeness (QED) is 0.191. The molecular formula is C32H36F2N2O2. The van der Waals surface area contributed by atoms with Gasteiger partial charge >= 0.3 is 0 Å². The van der Waals surface area contributed by atoms with Gasteiger partial charge in [0.2, 0.25) is 5.91 Å². The zero-order valence-corrected chi connectivity index (χ0v) is 22.1. The molecule has 2 amide bonds. The number of unbranched alkanes of at least 4 members (excludes halogenated alkanes) is 1. The van der Waals surface area contributed by atoms with Crippen LogP contribution in [0.5, 0.6) is 0 Å². The summed E-state index contributed by atoms with van der Waals surface area (Å²) < 4.78 is 26.8. The minimum atomic E-state index is -0.295. The minimum Gasteiger partial charge on any atom is -0.353 e. The SMILES string of the molecule is CC(C)c1ccc(C(=O)NC/C=C/CNC(=O)CCCCC(c2ccc(F)cc2)c2ccc(F)cc2)cc1.